The van der Waals surface area contributed by atoms with Crippen LogP contribution in [0.5, 0.6) is 11.5 Å². The number of hydrogen-bond donors (Lipinski definition) is 0. The number of fused-ring (bicyclic) bond motifs is 5. The molecule has 0 spiro atoms. The smallest absolute Gasteiger partial charge is 0.164 e. The SMILES string of the molecule is CC(C)(C)Cc1c2c(cc3ccccc13)-c1nccc3c1c(cc1cccc(-c4nc(C(C)(C)C)nc(C(C)(C)C)n4)c13)O2. The topological polar surface area (TPSA) is 60.8 Å². The van der Waals surface area contributed by atoms with E-state index in [4.69, 9.17) is 24.7 Å². The molecule has 1 aliphatic rings. The van der Waals surface area contributed by atoms with E-state index < -0.39 is 0 Å². The minimum Gasteiger partial charge on any atom is -0.456 e. The minimum atomic E-state index is -0.222. The van der Waals surface area contributed by atoms with Crippen LogP contribution in [0.4, 0.5) is 0 Å². The molecule has 0 saturated carbocycles. The maximum Gasteiger partial charge on any atom is 0.164 e. The standard InChI is InChI=1S/C39H40N4O/c1-37(2,3)21-28-24-15-11-10-13-22(24)19-27-32-31-25(17-18-40-32)30-23(20-29(31)44-33(27)28)14-12-16-26(30)34-41-35(38(4,5)6)43-36(42-34)39(7,8)9/h10-20H,21H2,1-9H3. The van der Waals surface area contributed by atoms with E-state index in [1.807, 2.05) is 6.20 Å². The van der Waals surface area contributed by atoms with E-state index in [9.17, 15) is 0 Å². The van der Waals surface area contributed by atoms with Crippen molar-refractivity contribution in [1.82, 2.24) is 19.9 Å². The van der Waals surface area contributed by atoms with Gasteiger partial charge < -0.3 is 4.74 Å². The van der Waals surface area contributed by atoms with Crippen molar-refractivity contribution in [2.45, 2.75) is 79.6 Å². The molecule has 0 aliphatic carbocycles. The summed E-state index contributed by atoms with van der Waals surface area (Å²) < 4.78 is 6.93. The summed E-state index contributed by atoms with van der Waals surface area (Å²) in [6.45, 7) is 19.8. The van der Waals surface area contributed by atoms with Crippen molar-refractivity contribution in [3.05, 3.63) is 84.1 Å². The zero-order valence-electron chi connectivity index (χ0n) is 27.3. The molecule has 0 bridgehead atoms. The summed E-state index contributed by atoms with van der Waals surface area (Å²) in [6, 6.07) is 21.5. The van der Waals surface area contributed by atoms with Gasteiger partial charge >= 0.3 is 0 Å². The number of pyridine rings is 1. The van der Waals surface area contributed by atoms with Gasteiger partial charge in [-0.25, -0.2) is 15.0 Å². The zero-order valence-corrected chi connectivity index (χ0v) is 27.3. The fourth-order valence-corrected chi connectivity index (χ4v) is 6.27. The molecule has 6 aromatic rings. The van der Waals surface area contributed by atoms with Crippen LogP contribution in [0.25, 0.3) is 55.0 Å². The van der Waals surface area contributed by atoms with Gasteiger partial charge in [0.1, 0.15) is 23.1 Å². The summed E-state index contributed by atoms with van der Waals surface area (Å²) in [5.74, 6) is 4.05. The highest BCUT2D eigenvalue weighted by Crippen LogP contribution is 2.52. The summed E-state index contributed by atoms with van der Waals surface area (Å²) >= 11 is 0. The van der Waals surface area contributed by atoms with Gasteiger partial charge in [0, 0.05) is 39.1 Å². The molecule has 5 heteroatoms. The third-order valence-corrected chi connectivity index (χ3v) is 8.35. The number of hydrogen-bond acceptors (Lipinski definition) is 5. The lowest BCUT2D eigenvalue weighted by molar-refractivity contribution is 0.400. The van der Waals surface area contributed by atoms with Crippen LogP contribution < -0.4 is 4.74 Å². The summed E-state index contributed by atoms with van der Waals surface area (Å²) in [4.78, 5) is 20.1. The van der Waals surface area contributed by atoms with Gasteiger partial charge in [-0.15, -0.1) is 0 Å². The van der Waals surface area contributed by atoms with Crippen molar-refractivity contribution < 1.29 is 4.74 Å². The summed E-state index contributed by atoms with van der Waals surface area (Å²) in [6.07, 6.45) is 2.82. The van der Waals surface area contributed by atoms with Crippen LogP contribution in [0.15, 0.2) is 66.9 Å². The molecule has 44 heavy (non-hydrogen) atoms. The van der Waals surface area contributed by atoms with Crippen LogP contribution in [-0.4, -0.2) is 19.9 Å². The quantitative estimate of drug-likeness (QED) is 0.190. The fourth-order valence-electron chi connectivity index (χ4n) is 6.27. The van der Waals surface area contributed by atoms with Gasteiger partial charge in [0.15, 0.2) is 5.82 Å². The van der Waals surface area contributed by atoms with Crippen LogP contribution in [-0.2, 0) is 17.3 Å². The monoisotopic (exact) mass is 580 g/mol. The second-order valence-corrected chi connectivity index (χ2v) is 15.5. The molecule has 0 amide bonds. The average Bonchev–Trinajstić information content (AvgIpc) is 2.95. The van der Waals surface area contributed by atoms with E-state index in [2.05, 4.69) is 123 Å². The highest BCUT2D eigenvalue weighted by atomic mass is 16.5. The maximum atomic E-state index is 6.93. The van der Waals surface area contributed by atoms with Crippen LogP contribution in [0.2, 0.25) is 0 Å². The molecule has 222 valence electrons. The first kappa shape index (κ1) is 28.4. The highest BCUT2D eigenvalue weighted by molar-refractivity contribution is 6.20. The lowest BCUT2D eigenvalue weighted by Gasteiger charge is -2.28. The minimum absolute atomic E-state index is 0.0849. The largest absolute Gasteiger partial charge is 0.456 e. The Hall–Kier alpha value is -4.38. The van der Waals surface area contributed by atoms with Crippen molar-refractivity contribution >= 4 is 32.3 Å². The van der Waals surface area contributed by atoms with E-state index in [0.717, 1.165) is 67.9 Å². The predicted molar refractivity (Wildman–Crippen MR) is 182 cm³/mol. The Kier molecular flexibility index (Phi) is 6.17. The molecule has 0 N–H and O–H groups in total. The lowest BCUT2D eigenvalue weighted by atomic mass is 9.83. The van der Waals surface area contributed by atoms with Gasteiger partial charge in [-0.05, 0) is 51.6 Å². The second kappa shape index (κ2) is 9.56. The Morgan fingerprint density at radius 3 is 2.00 bits per heavy atom. The van der Waals surface area contributed by atoms with Crippen LogP contribution in [0, 0.1) is 5.41 Å². The molecule has 5 nitrogen and oxygen atoms in total. The lowest BCUT2D eigenvalue weighted by Crippen LogP contribution is -2.24. The number of benzene rings is 4. The average molecular weight is 581 g/mol. The Labute approximate surface area is 259 Å². The fraction of sp³-hybridized carbons (Fsp3) is 0.333. The molecule has 0 saturated heterocycles. The molecular weight excluding hydrogens is 540 g/mol. The van der Waals surface area contributed by atoms with Crippen molar-refractivity contribution in [3.8, 4) is 34.1 Å². The maximum absolute atomic E-state index is 6.93. The Morgan fingerprint density at radius 2 is 1.32 bits per heavy atom. The third kappa shape index (κ3) is 4.70. The molecule has 0 atom stereocenters. The van der Waals surface area contributed by atoms with Gasteiger partial charge in [-0.3, -0.25) is 4.98 Å². The van der Waals surface area contributed by atoms with Crippen molar-refractivity contribution in [2.24, 2.45) is 5.41 Å². The van der Waals surface area contributed by atoms with Gasteiger partial charge in [-0.1, -0.05) is 105 Å². The Morgan fingerprint density at radius 1 is 0.636 bits per heavy atom. The van der Waals surface area contributed by atoms with E-state index in [0.29, 0.717) is 5.82 Å². The van der Waals surface area contributed by atoms with E-state index in [-0.39, 0.29) is 16.2 Å². The van der Waals surface area contributed by atoms with Gasteiger partial charge in [0.05, 0.1) is 11.1 Å². The number of aromatic nitrogens is 4. The Balaban J connectivity index is 1.54. The summed E-state index contributed by atoms with van der Waals surface area (Å²) in [5.41, 5.74) is 3.87. The Bertz CT molecular complexity index is 2090. The van der Waals surface area contributed by atoms with Crippen LogP contribution >= 0.6 is 0 Å². The van der Waals surface area contributed by atoms with Gasteiger partial charge in [0.25, 0.3) is 0 Å². The van der Waals surface area contributed by atoms with Crippen LogP contribution in [0.3, 0.4) is 0 Å². The van der Waals surface area contributed by atoms with Crippen LogP contribution in [0.1, 0.15) is 79.5 Å². The number of rotatable bonds is 2. The molecule has 0 unspecified atom stereocenters. The zero-order chi connectivity index (χ0) is 31.2. The molecule has 0 fully saturated rings. The van der Waals surface area contributed by atoms with E-state index in [1.165, 1.54) is 16.3 Å². The summed E-state index contributed by atoms with van der Waals surface area (Å²) in [7, 11) is 0. The first-order valence-electron chi connectivity index (χ1n) is 15.5. The first-order chi connectivity index (χ1) is 20.7. The van der Waals surface area contributed by atoms with Gasteiger partial charge in [-0.2, -0.15) is 0 Å². The molecule has 7 rings (SSSR count). The van der Waals surface area contributed by atoms with Crippen molar-refractivity contribution in [1.29, 1.82) is 0 Å². The molecular formula is C39H40N4O. The van der Waals surface area contributed by atoms with Gasteiger partial charge in [0.2, 0.25) is 0 Å². The van der Waals surface area contributed by atoms with Crippen molar-refractivity contribution in [2.75, 3.05) is 0 Å². The number of ether oxygens (including phenoxy) is 1. The van der Waals surface area contributed by atoms with Crippen molar-refractivity contribution in [3.63, 3.8) is 0 Å². The molecule has 2 aromatic heterocycles. The number of nitrogens with zero attached hydrogens (tertiary/aromatic N) is 4. The third-order valence-electron chi connectivity index (χ3n) is 8.35. The van der Waals surface area contributed by atoms with E-state index >= 15 is 0 Å². The first-order valence-corrected chi connectivity index (χ1v) is 15.5. The molecule has 0 radical (unpaired) electrons. The molecule has 1 aliphatic heterocycles. The highest BCUT2D eigenvalue weighted by Gasteiger charge is 2.30. The van der Waals surface area contributed by atoms with E-state index in [1.54, 1.807) is 0 Å². The molecule has 3 heterocycles. The molecule has 4 aromatic carbocycles. The predicted octanol–water partition coefficient (Wildman–Crippen LogP) is 10.3. The normalized spacial score (nSPS) is 13.4. The second-order valence-electron chi connectivity index (χ2n) is 15.5. The summed E-state index contributed by atoms with van der Waals surface area (Å²) in [5, 5.41) is 6.73.